The molecular formula is C16H19N3O2S. The molecule has 1 aromatic heterocycles. The molecule has 2 aromatic rings. The lowest BCUT2D eigenvalue weighted by Gasteiger charge is -2.31. The fraction of sp³-hybridized carbons (Fsp3) is 0.375. The van der Waals surface area contributed by atoms with E-state index in [1.807, 2.05) is 19.1 Å². The van der Waals surface area contributed by atoms with Crippen LogP contribution in [0.2, 0.25) is 0 Å². The van der Waals surface area contributed by atoms with E-state index in [-0.39, 0.29) is 5.92 Å². The van der Waals surface area contributed by atoms with Gasteiger partial charge in [0.15, 0.2) is 0 Å². The van der Waals surface area contributed by atoms with E-state index in [0.717, 1.165) is 24.1 Å². The van der Waals surface area contributed by atoms with Crippen LogP contribution in [0.25, 0.3) is 0 Å². The minimum Gasteiger partial charge on any atom is -0.261 e. The van der Waals surface area contributed by atoms with E-state index in [2.05, 4.69) is 9.97 Å². The first-order valence-electron chi connectivity index (χ1n) is 7.40. The number of hydrogen-bond acceptors (Lipinski definition) is 4. The third-order valence-corrected chi connectivity index (χ3v) is 5.92. The Bertz CT molecular complexity index is 730. The van der Waals surface area contributed by atoms with Crippen LogP contribution in [0.5, 0.6) is 0 Å². The summed E-state index contributed by atoms with van der Waals surface area (Å²) >= 11 is 0. The summed E-state index contributed by atoms with van der Waals surface area (Å²) in [6.07, 6.45) is 6.80. The normalized spacial score (nSPS) is 20.0. The van der Waals surface area contributed by atoms with Crippen molar-refractivity contribution in [3.63, 3.8) is 0 Å². The molecule has 0 amide bonds. The van der Waals surface area contributed by atoms with E-state index in [0.29, 0.717) is 18.0 Å². The van der Waals surface area contributed by atoms with Crippen molar-refractivity contribution in [2.75, 3.05) is 13.1 Å². The lowest BCUT2D eigenvalue weighted by Crippen LogP contribution is -2.39. The SMILES string of the molecule is Cc1ccc(S(=O)(=O)N2CCC[C@@H](c3cnccn3)C2)cc1. The first-order valence-corrected chi connectivity index (χ1v) is 8.84. The highest BCUT2D eigenvalue weighted by molar-refractivity contribution is 7.89. The lowest BCUT2D eigenvalue weighted by atomic mass is 9.96. The number of nitrogens with zero attached hydrogens (tertiary/aromatic N) is 3. The van der Waals surface area contributed by atoms with Crippen molar-refractivity contribution < 1.29 is 8.42 Å². The molecule has 1 fully saturated rings. The van der Waals surface area contributed by atoms with Crippen LogP contribution in [0.3, 0.4) is 0 Å². The Kier molecular flexibility index (Phi) is 4.22. The summed E-state index contributed by atoms with van der Waals surface area (Å²) in [6, 6.07) is 7.02. The molecule has 1 aromatic carbocycles. The highest BCUT2D eigenvalue weighted by Gasteiger charge is 2.31. The second-order valence-electron chi connectivity index (χ2n) is 5.65. The Hall–Kier alpha value is -1.79. The molecule has 0 N–H and O–H groups in total. The molecule has 0 aliphatic carbocycles. The van der Waals surface area contributed by atoms with Gasteiger partial charge in [0.25, 0.3) is 0 Å². The van der Waals surface area contributed by atoms with Crippen LogP contribution >= 0.6 is 0 Å². The lowest BCUT2D eigenvalue weighted by molar-refractivity contribution is 0.312. The zero-order valence-corrected chi connectivity index (χ0v) is 13.3. The summed E-state index contributed by atoms with van der Waals surface area (Å²) in [4.78, 5) is 8.76. The maximum atomic E-state index is 12.8. The Labute approximate surface area is 131 Å². The smallest absolute Gasteiger partial charge is 0.243 e. The molecule has 6 heteroatoms. The maximum Gasteiger partial charge on any atom is 0.243 e. The fourth-order valence-corrected chi connectivity index (χ4v) is 4.31. The molecule has 0 unspecified atom stereocenters. The van der Waals surface area contributed by atoms with Gasteiger partial charge in [-0.15, -0.1) is 0 Å². The van der Waals surface area contributed by atoms with Crippen molar-refractivity contribution in [2.24, 2.45) is 0 Å². The zero-order chi connectivity index (χ0) is 15.6. The van der Waals surface area contributed by atoms with Crippen LogP contribution in [-0.4, -0.2) is 35.8 Å². The van der Waals surface area contributed by atoms with Crippen LogP contribution in [0.4, 0.5) is 0 Å². The summed E-state index contributed by atoms with van der Waals surface area (Å²) in [6.45, 7) is 2.98. The van der Waals surface area contributed by atoms with Crippen LogP contribution in [0.1, 0.15) is 30.0 Å². The van der Waals surface area contributed by atoms with Gasteiger partial charge in [0.1, 0.15) is 0 Å². The Morgan fingerprint density at radius 2 is 1.95 bits per heavy atom. The Balaban J connectivity index is 1.83. The highest BCUT2D eigenvalue weighted by atomic mass is 32.2. The van der Waals surface area contributed by atoms with E-state index in [9.17, 15) is 8.42 Å². The summed E-state index contributed by atoms with van der Waals surface area (Å²) in [5.74, 6) is 0.114. The number of hydrogen-bond donors (Lipinski definition) is 0. The molecular weight excluding hydrogens is 298 g/mol. The van der Waals surface area contributed by atoms with Crippen LogP contribution in [-0.2, 0) is 10.0 Å². The van der Waals surface area contributed by atoms with Gasteiger partial charge < -0.3 is 0 Å². The van der Waals surface area contributed by atoms with Gasteiger partial charge in [-0.1, -0.05) is 17.7 Å². The van der Waals surface area contributed by atoms with Gasteiger partial charge in [-0.3, -0.25) is 9.97 Å². The number of aryl methyl sites for hydroxylation is 1. The largest absolute Gasteiger partial charge is 0.261 e. The van der Waals surface area contributed by atoms with Crippen molar-refractivity contribution in [2.45, 2.75) is 30.6 Å². The van der Waals surface area contributed by atoms with Gasteiger partial charge in [0.05, 0.1) is 10.6 Å². The molecule has 2 heterocycles. The van der Waals surface area contributed by atoms with Crippen molar-refractivity contribution in [3.05, 3.63) is 54.1 Å². The predicted molar refractivity (Wildman–Crippen MR) is 83.9 cm³/mol. The van der Waals surface area contributed by atoms with Gasteiger partial charge in [-0.05, 0) is 31.9 Å². The molecule has 1 aliphatic heterocycles. The number of aromatic nitrogens is 2. The zero-order valence-electron chi connectivity index (χ0n) is 12.5. The van der Waals surface area contributed by atoms with Crippen LogP contribution < -0.4 is 0 Å². The molecule has 3 rings (SSSR count). The first kappa shape index (κ1) is 15.1. The van der Waals surface area contributed by atoms with E-state index in [1.165, 1.54) is 0 Å². The second kappa shape index (κ2) is 6.14. The van der Waals surface area contributed by atoms with E-state index >= 15 is 0 Å². The monoisotopic (exact) mass is 317 g/mol. The molecule has 1 atom stereocenters. The predicted octanol–water partition coefficient (Wildman–Crippen LogP) is 2.35. The summed E-state index contributed by atoms with van der Waals surface area (Å²) < 4.78 is 27.1. The van der Waals surface area contributed by atoms with E-state index in [1.54, 1.807) is 35.0 Å². The maximum absolute atomic E-state index is 12.8. The number of rotatable bonds is 3. The van der Waals surface area contributed by atoms with Crippen molar-refractivity contribution in [3.8, 4) is 0 Å². The number of piperidine rings is 1. The van der Waals surface area contributed by atoms with Crippen molar-refractivity contribution in [1.82, 2.24) is 14.3 Å². The van der Waals surface area contributed by atoms with E-state index in [4.69, 9.17) is 0 Å². The molecule has 0 radical (unpaired) electrons. The molecule has 116 valence electrons. The van der Waals surface area contributed by atoms with Gasteiger partial charge >= 0.3 is 0 Å². The highest BCUT2D eigenvalue weighted by Crippen LogP contribution is 2.28. The molecule has 1 saturated heterocycles. The number of benzene rings is 1. The first-order chi connectivity index (χ1) is 10.6. The van der Waals surface area contributed by atoms with Crippen molar-refractivity contribution >= 4 is 10.0 Å². The standard InChI is InChI=1S/C16H19N3O2S/c1-13-4-6-15(7-5-13)22(20,21)19-10-2-3-14(12-19)16-11-17-8-9-18-16/h4-9,11,14H,2-3,10,12H2,1H3/t14-/m1/s1. The summed E-state index contributed by atoms with van der Waals surface area (Å²) in [7, 11) is -3.43. The van der Waals surface area contributed by atoms with Gasteiger partial charge in [0.2, 0.25) is 10.0 Å². The van der Waals surface area contributed by atoms with Gasteiger partial charge in [-0.25, -0.2) is 8.42 Å². The minimum atomic E-state index is -3.43. The topological polar surface area (TPSA) is 63.2 Å². The third kappa shape index (κ3) is 3.03. The number of sulfonamides is 1. The van der Waals surface area contributed by atoms with Gasteiger partial charge in [-0.2, -0.15) is 4.31 Å². The molecule has 0 bridgehead atoms. The average molecular weight is 317 g/mol. The fourth-order valence-electron chi connectivity index (χ4n) is 2.78. The van der Waals surface area contributed by atoms with Gasteiger partial charge in [0, 0.05) is 37.6 Å². The minimum absolute atomic E-state index is 0.114. The second-order valence-corrected chi connectivity index (χ2v) is 7.58. The Morgan fingerprint density at radius 1 is 1.18 bits per heavy atom. The van der Waals surface area contributed by atoms with Crippen LogP contribution in [0, 0.1) is 6.92 Å². The molecule has 5 nitrogen and oxygen atoms in total. The molecule has 0 saturated carbocycles. The summed E-state index contributed by atoms with van der Waals surface area (Å²) in [5.41, 5.74) is 1.92. The van der Waals surface area contributed by atoms with Crippen LogP contribution in [0.15, 0.2) is 47.8 Å². The average Bonchev–Trinajstić information content (AvgIpc) is 2.56. The Morgan fingerprint density at radius 3 is 2.64 bits per heavy atom. The molecule has 22 heavy (non-hydrogen) atoms. The van der Waals surface area contributed by atoms with Crippen molar-refractivity contribution in [1.29, 1.82) is 0 Å². The summed E-state index contributed by atoms with van der Waals surface area (Å²) in [5, 5.41) is 0. The quantitative estimate of drug-likeness (QED) is 0.872. The molecule has 0 spiro atoms. The molecule has 1 aliphatic rings. The van der Waals surface area contributed by atoms with E-state index < -0.39 is 10.0 Å². The third-order valence-electron chi connectivity index (χ3n) is 4.04.